The van der Waals surface area contributed by atoms with Crippen LogP contribution in [-0.4, -0.2) is 9.97 Å². The van der Waals surface area contributed by atoms with Crippen molar-refractivity contribution in [1.29, 1.82) is 0 Å². The molecule has 0 aliphatic carbocycles. The number of rotatable bonds is 3. The lowest BCUT2D eigenvalue weighted by Gasteiger charge is -2.15. The van der Waals surface area contributed by atoms with Gasteiger partial charge in [0.25, 0.3) is 0 Å². The quantitative estimate of drug-likeness (QED) is 0.510. The van der Waals surface area contributed by atoms with Crippen molar-refractivity contribution >= 4 is 11.0 Å². The van der Waals surface area contributed by atoms with Crippen molar-refractivity contribution in [2.45, 2.75) is 33.2 Å². The molecule has 1 heterocycles. The predicted molar refractivity (Wildman–Crippen MR) is 81.5 cm³/mol. The lowest BCUT2D eigenvalue weighted by atomic mass is 9.96. The SMILES string of the molecule is CC(C)(C)C#CCC(NN)c1cccc2nccnc12. The summed E-state index contributed by atoms with van der Waals surface area (Å²) in [5.41, 5.74) is 5.59. The van der Waals surface area contributed by atoms with Crippen molar-refractivity contribution in [3.05, 3.63) is 36.2 Å². The third kappa shape index (κ3) is 3.53. The van der Waals surface area contributed by atoms with E-state index in [2.05, 4.69) is 48.0 Å². The summed E-state index contributed by atoms with van der Waals surface area (Å²) in [6.45, 7) is 6.27. The highest BCUT2D eigenvalue weighted by atomic mass is 15.2. The molecular weight excluding hydrogens is 248 g/mol. The van der Waals surface area contributed by atoms with Crippen LogP contribution < -0.4 is 11.3 Å². The van der Waals surface area contributed by atoms with Gasteiger partial charge in [-0.3, -0.25) is 21.2 Å². The van der Waals surface area contributed by atoms with E-state index in [0.29, 0.717) is 6.42 Å². The standard InChI is InChI=1S/C16H20N4/c1-16(2,3)9-5-8-13(20-17)12-6-4-7-14-15(12)19-11-10-18-14/h4,6-7,10-11,13,20H,8,17H2,1-3H3. The number of nitrogens with one attached hydrogen (secondary N) is 1. The van der Waals surface area contributed by atoms with Crippen molar-refractivity contribution in [1.82, 2.24) is 15.4 Å². The molecule has 4 nitrogen and oxygen atoms in total. The first kappa shape index (κ1) is 14.4. The van der Waals surface area contributed by atoms with Gasteiger partial charge in [0.1, 0.15) is 0 Å². The second kappa shape index (κ2) is 6.00. The summed E-state index contributed by atoms with van der Waals surface area (Å²) in [5, 5.41) is 0. The van der Waals surface area contributed by atoms with E-state index >= 15 is 0 Å². The van der Waals surface area contributed by atoms with E-state index in [9.17, 15) is 0 Å². The molecule has 1 aromatic carbocycles. The van der Waals surface area contributed by atoms with Gasteiger partial charge in [-0.05, 0) is 32.4 Å². The first-order chi connectivity index (χ1) is 9.51. The molecule has 0 saturated carbocycles. The Morgan fingerprint density at radius 3 is 2.70 bits per heavy atom. The number of fused-ring (bicyclic) bond motifs is 1. The second-order valence-corrected chi connectivity index (χ2v) is 5.75. The summed E-state index contributed by atoms with van der Waals surface area (Å²) in [6, 6.07) is 5.87. The van der Waals surface area contributed by atoms with Gasteiger partial charge < -0.3 is 0 Å². The van der Waals surface area contributed by atoms with E-state index in [1.807, 2.05) is 18.2 Å². The maximum atomic E-state index is 5.68. The molecule has 1 atom stereocenters. The Morgan fingerprint density at radius 1 is 1.25 bits per heavy atom. The first-order valence-electron chi connectivity index (χ1n) is 6.67. The maximum Gasteiger partial charge on any atom is 0.0935 e. The van der Waals surface area contributed by atoms with Crippen LogP contribution in [0.3, 0.4) is 0 Å². The molecule has 4 heteroatoms. The third-order valence-electron chi connectivity index (χ3n) is 2.88. The Kier molecular flexibility index (Phi) is 4.33. The molecule has 0 aliphatic rings. The van der Waals surface area contributed by atoms with Crippen LogP contribution in [0.2, 0.25) is 0 Å². The fourth-order valence-electron chi connectivity index (χ4n) is 1.97. The van der Waals surface area contributed by atoms with Gasteiger partial charge in [-0.15, -0.1) is 5.92 Å². The molecule has 20 heavy (non-hydrogen) atoms. The normalized spacial score (nSPS) is 12.8. The summed E-state index contributed by atoms with van der Waals surface area (Å²) in [4.78, 5) is 8.71. The van der Waals surface area contributed by atoms with Crippen molar-refractivity contribution in [2.24, 2.45) is 11.3 Å². The van der Waals surface area contributed by atoms with Crippen molar-refractivity contribution < 1.29 is 0 Å². The average Bonchev–Trinajstić information content (AvgIpc) is 2.42. The second-order valence-electron chi connectivity index (χ2n) is 5.75. The van der Waals surface area contributed by atoms with E-state index in [0.717, 1.165) is 16.6 Å². The Bertz CT molecular complexity index is 641. The third-order valence-corrected chi connectivity index (χ3v) is 2.88. The molecule has 3 N–H and O–H groups in total. The van der Waals surface area contributed by atoms with Crippen LogP contribution in [0.1, 0.15) is 38.8 Å². The minimum atomic E-state index is -0.0507. The van der Waals surface area contributed by atoms with Gasteiger partial charge in [0.15, 0.2) is 0 Å². The molecule has 1 aromatic heterocycles. The number of nitrogens with zero attached hydrogens (tertiary/aromatic N) is 2. The lowest BCUT2D eigenvalue weighted by molar-refractivity contribution is 0.557. The summed E-state index contributed by atoms with van der Waals surface area (Å²) >= 11 is 0. The van der Waals surface area contributed by atoms with E-state index in [4.69, 9.17) is 5.84 Å². The predicted octanol–water partition coefficient (Wildman–Crippen LogP) is 2.57. The molecule has 0 fully saturated rings. The Hall–Kier alpha value is -1.96. The molecule has 0 saturated heterocycles. The highest BCUT2D eigenvalue weighted by Crippen LogP contribution is 2.23. The van der Waals surface area contributed by atoms with Crippen LogP contribution in [-0.2, 0) is 0 Å². The maximum absolute atomic E-state index is 5.68. The molecule has 0 aliphatic heterocycles. The largest absolute Gasteiger partial charge is 0.271 e. The molecule has 1 unspecified atom stereocenters. The number of benzene rings is 1. The fraction of sp³-hybridized carbons (Fsp3) is 0.375. The van der Waals surface area contributed by atoms with Crippen molar-refractivity contribution in [3.63, 3.8) is 0 Å². The fourth-order valence-corrected chi connectivity index (χ4v) is 1.97. The zero-order valence-electron chi connectivity index (χ0n) is 12.1. The van der Waals surface area contributed by atoms with Crippen LogP contribution >= 0.6 is 0 Å². The molecule has 0 radical (unpaired) electrons. The van der Waals surface area contributed by atoms with E-state index in [1.54, 1.807) is 12.4 Å². The highest BCUT2D eigenvalue weighted by Gasteiger charge is 2.13. The summed E-state index contributed by atoms with van der Waals surface area (Å²) in [7, 11) is 0. The number of nitrogens with two attached hydrogens (primary N) is 1. The van der Waals surface area contributed by atoms with Crippen LogP contribution in [0.5, 0.6) is 0 Å². The van der Waals surface area contributed by atoms with Gasteiger partial charge in [-0.2, -0.15) is 0 Å². The van der Waals surface area contributed by atoms with Gasteiger partial charge in [0.2, 0.25) is 0 Å². The van der Waals surface area contributed by atoms with E-state index in [-0.39, 0.29) is 11.5 Å². The number of hydrogen-bond acceptors (Lipinski definition) is 4. The van der Waals surface area contributed by atoms with Crippen LogP contribution in [0.25, 0.3) is 11.0 Å². The minimum absolute atomic E-state index is 0.00227. The summed E-state index contributed by atoms with van der Waals surface area (Å²) in [6.07, 6.45) is 4.03. The lowest BCUT2D eigenvalue weighted by Crippen LogP contribution is -2.28. The summed E-state index contributed by atoms with van der Waals surface area (Å²) in [5.74, 6) is 12.1. The van der Waals surface area contributed by atoms with E-state index in [1.165, 1.54) is 0 Å². The summed E-state index contributed by atoms with van der Waals surface area (Å²) < 4.78 is 0. The van der Waals surface area contributed by atoms with Crippen LogP contribution in [0.4, 0.5) is 0 Å². The smallest absolute Gasteiger partial charge is 0.0935 e. The minimum Gasteiger partial charge on any atom is -0.271 e. The zero-order valence-corrected chi connectivity index (χ0v) is 12.1. The van der Waals surface area contributed by atoms with Gasteiger partial charge in [0.05, 0.1) is 17.1 Å². The Labute approximate surface area is 119 Å². The van der Waals surface area contributed by atoms with Gasteiger partial charge in [-0.1, -0.05) is 18.1 Å². The average molecular weight is 268 g/mol. The molecular formula is C16H20N4. The first-order valence-corrected chi connectivity index (χ1v) is 6.67. The molecule has 0 bridgehead atoms. The monoisotopic (exact) mass is 268 g/mol. The molecule has 104 valence electrons. The number of para-hydroxylation sites is 1. The van der Waals surface area contributed by atoms with Crippen LogP contribution in [0.15, 0.2) is 30.6 Å². The molecule has 2 rings (SSSR count). The highest BCUT2D eigenvalue weighted by molar-refractivity contribution is 5.78. The molecule has 0 amide bonds. The zero-order chi connectivity index (χ0) is 14.6. The molecule has 2 aromatic rings. The van der Waals surface area contributed by atoms with Gasteiger partial charge >= 0.3 is 0 Å². The number of hydrazine groups is 1. The number of aromatic nitrogens is 2. The van der Waals surface area contributed by atoms with Crippen molar-refractivity contribution in [2.75, 3.05) is 0 Å². The van der Waals surface area contributed by atoms with E-state index < -0.39 is 0 Å². The Morgan fingerprint density at radius 2 is 2.00 bits per heavy atom. The number of hydrogen-bond donors (Lipinski definition) is 2. The topological polar surface area (TPSA) is 63.8 Å². The van der Waals surface area contributed by atoms with Gasteiger partial charge in [-0.25, -0.2) is 0 Å². The molecule has 0 spiro atoms. The van der Waals surface area contributed by atoms with Gasteiger partial charge in [0, 0.05) is 24.2 Å². The Balaban J connectivity index is 2.32. The van der Waals surface area contributed by atoms with Crippen LogP contribution in [0, 0.1) is 17.3 Å². The van der Waals surface area contributed by atoms with Crippen molar-refractivity contribution in [3.8, 4) is 11.8 Å².